The van der Waals surface area contributed by atoms with E-state index in [2.05, 4.69) is 104 Å². The first-order valence-corrected chi connectivity index (χ1v) is 32.4. The van der Waals surface area contributed by atoms with Gasteiger partial charge in [0, 0.05) is 56.8 Å². The van der Waals surface area contributed by atoms with Gasteiger partial charge >= 0.3 is 0 Å². The second-order valence-electron chi connectivity index (χ2n) is 27.0. The van der Waals surface area contributed by atoms with Gasteiger partial charge in [-0.25, -0.2) is 0 Å². The number of Topliss-reactive ketones (excluding diaryl/α,β-unsaturated/α-hetero) is 1. The van der Waals surface area contributed by atoms with Crippen LogP contribution in [0.1, 0.15) is 125 Å². The predicted octanol–water partition coefficient (Wildman–Crippen LogP) is 7.27. The molecule has 1 saturated heterocycles. The number of aliphatic hydroxyl groups excluding tert-OH is 3. The lowest BCUT2D eigenvalue weighted by Gasteiger charge is -2.55. The van der Waals surface area contributed by atoms with Gasteiger partial charge in [0.15, 0.2) is 24.1 Å². The quantitative estimate of drug-likeness (QED) is 0.0349. The van der Waals surface area contributed by atoms with E-state index in [4.69, 9.17) is 16.2 Å². The molecule has 5 bridgehead atoms. The van der Waals surface area contributed by atoms with Crippen molar-refractivity contribution in [3.8, 4) is 23.5 Å². The van der Waals surface area contributed by atoms with E-state index in [1.165, 1.54) is 30.0 Å². The molecule has 14 unspecified atom stereocenters. The summed E-state index contributed by atoms with van der Waals surface area (Å²) in [6.45, 7) is 4.83. The lowest BCUT2D eigenvalue weighted by Crippen LogP contribution is -2.57. The molecule has 3 aromatic carbocycles. The molecule has 5 fully saturated rings. The first-order chi connectivity index (χ1) is 41.8. The number of aliphatic imine (C=N–C) groups is 1. The molecule has 15 heteroatoms. The molecule has 0 aromatic heterocycles. The maximum Gasteiger partial charge on any atom is 0.202 e. The van der Waals surface area contributed by atoms with E-state index in [1.54, 1.807) is 12.1 Å². The van der Waals surface area contributed by atoms with Crippen molar-refractivity contribution in [3.05, 3.63) is 136 Å². The van der Waals surface area contributed by atoms with Crippen LogP contribution in [-0.2, 0) is 35.3 Å². The number of aryl methyl sites for hydroxylation is 2. The number of hydrogen-bond acceptors (Lipinski definition) is 15. The molecule has 0 amide bonds. The number of aromatic hydroxyl groups is 1. The number of nitrogens with zero attached hydrogens (tertiary/aromatic N) is 1. The average Bonchev–Trinajstić information content (AvgIpc) is 2.87. The highest BCUT2D eigenvalue weighted by Gasteiger charge is 2.65. The number of hydrogen-bond donors (Lipinski definition) is 11. The number of carbonyl (C=O) groups excluding carboxylic acids is 2. The monoisotopic (exact) mass is 1170 g/mol. The molecular weight excluding hydrogens is 1080 g/mol. The SMILES string of the molecule is CC(O)CNC1CC2(CC3C4CCNCC4CC4C=CCNC43)CC3CCC2C12CCC(CCNC(N)=NC#CCC(Cc1cccc(CCc4ccccc4)c1)C1=CC(N)NC=C1Cc1cc(O)c(OCO)cc1C(CO)=CC(=O)CC(=O)C3)C2. The van der Waals surface area contributed by atoms with Crippen LogP contribution in [0.2, 0.25) is 0 Å². The number of ketones is 2. The minimum absolute atomic E-state index is 0.0162. The summed E-state index contributed by atoms with van der Waals surface area (Å²) in [5, 5.41) is 61.9. The van der Waals surface area contributed by atoms with Crippen molar-refractivity contribution in [2.24, 2.45) is 74.6 Å². The number of benzene rings is 3. The van der Waals surface area contributed by atoms with Crippen molar-refractivity contribution in [3.63, 3.8) is 0 Å². The molecular formula is C71H94N8O7. The molecule has 0 radical (unpaired) electrons. The van der Waals surface area contributed by atoms with Crippen LogP contribution in [-0.4, -0.2) is 108 Å². The van der Waals surface area contributed by atoms with Crippen molar-refractivity contribution in [1.82, 2.24) is 26.6 Å². The number of dihydropyridines is 1. The minimum atomic E-state index is -0.710. The molecule has 13 N–H and O–H groups in total. The molecule has 14 atom stereocenters. The Labute approximate surface area is 509 Å². The van der Waals surface area contributed by atoms with E-state index in [9.17, 15) is 30.0 Å². The van der Waals surface area contributed by atoms with E-state index in [-0.39, 0.29) is 64.4 Å². The summed E-state index contributed by atoms with van der Waals surface area (Å²) in [6.07, 6.45) is 23.9. The second kappa shape index (κ2) is 27.9. The number of aliphatic hydroxyl groups is 3. The molecule has 460 valence electrons. The van der Waals surface area contributed by atoms with Crippen molar-refractivity contribution < 1.29 is 34.8 Å². The summed E-state index contributed by atoms with van der Waals surface area (Å²) in [6, 6.07) is 26.0. The molecule has 5 heterocycles. The molecule has 4 aliphatic carbocycles. The lowest BCUT2D eigenvalue weighted by molar-refractivity contribution is -0.126. The van der Waals surface area contributed by atoms with Crippen LogP contribution >= 0.6 is 0 Å². The van der Waals surface area contributed by atoms with Gasteiger partial charge in [-0.3, -0.25) is 9.59 Å². The fourth-order valence-corrected chi connectivity index (χ4v) is 18.0. The van der Waals surface area contributed by atoms with Gasteiger partial charge in [-0.2, -0.15) is 4.99 Å². The summed E-state index contributed by atoms with van der Waals surface area (Å²) >= 11 is 0. The second-order valence-corrected chi connectivity index (χ2v) is 27.0. The topological polar surface area (TPSA) is 249 Å². The molecule has 5 aliphatic heterocycles. The highest BCUT2D eigenvalue weighted by atomic mass is 16.6. The summed E-state index contributed by atoms with van der Waals surface area (Å²) in [5.74, 6) is 6.01. The van der Waals surface area contributed by atoms with E-state index in [1.807, 2.05) is 25.3 Å². The highest BCUT2D eigenvalue weighted by molar-refractivity contribution is 6.08. The number of piperidine rings is 1. The number of carbonyl (C=O) groups is 2. The summed E-state index contributed by atoms with van der Waals surface area (Å²) < 4.78 is 5.49. The third-order valence-corrected chi connectivity index (χ3v) is 21.5. The number of allylic oxidation sites excluding steroid dienone is 3. The minimum Gasteiger partial charge on any atom is -0.504 e. The van der Waals surface area contributed by atoms with Crippen LogP contribution in [0.3, 0.4) is 0 Å². The van der Waals surface area contributed by atoms with Gasteiger partial charge in [0.25, 0.3) is 0 Å². The van der Waals surface area contributed by atoms with E-state index in [0.717, 1.165) is 107 Å². The maximum atomic E-state index is 14.6. The van der Waals surface area contributed by atoms with E-state index < -0.39 is 31.5 Å². The van der Waals surface area contributed by atoms with Crippen LogP contribution in [0.5, 0.6) is 11.5 Å². The van der Waals surface area contributed by atoms with Gasteiger partial charge in [-0.15, -0.1) is 0 Å². The zero-order valence-corrected chi connectivity index (χ0v) is 50.5. The van der Waals surface area contributed by atoms with Crippen molar-refractivity contribution in [2.75, 3.05) is 46.1 Å². The van der Waals surface area contributed by atoms with E-state index >= 15 is 0 Å². The van der Waals surface area contributed by atoms with E-state index in [0.29, 0.717) is 91.0 Å². The van der Waals surface area contributed by atoms with Crippen molar-refractivity contribution in [2.45, 2.75) is 147 Å². The first kappa shape index (κ1) is 61.6. The van der Waals surface area contributed by atoms with Gasteiger partial charge < -0.3 is 63.2 Å². The number of phenolic OH excluding ortho intramolecular Hbond substituents is 1. The average molecular weight is 1170 g/mol. The standard InChI is InChI=1S/C71H94N8O7/c1-45(82)40-78-66-39-70(38-62-59-20-24-74-41-54(59)29-52-13-7-22-75-68(52)62)36-50-16-17-65(70)71(66)21-18-48(37-71)19-25-77-69(73)76-23-6-12-51(27-49-11-5-10-47(26-49)15-14-46-8-3-2-4-9-46)61-35-67(72)79-42-55(61)30-53-32-63(85)64(86-44-81)34-60(53)56(43-80)31-58(84)33-57(83)28-50/h2-5,7-11,13,26,31-32,34-35,42,45,48,50-52,54,59,62,65-68,74-75,78-82,85H,12,14-22,24-25,27-30,33,36-41,43-44,72H2,1H3,(H3,73,76,77). The molecule has 3 aromatic rings. The molecule has 1 spiro atoms. The maximum absolute atomic E-state index is 14.6. The Hall–Kier alpha value is -6.09. The number of phenols is 1. The predicted molar refractivity (Wildman–Crippen MR) is 338 cm³/mol. The number of rotatable bonds is 13. The third-order valence-electron chi connectivity index (χ3n) is 21.5. The smallest absolute Gasteiger partial charge is 0.202 e. The molecule has 9 aliphatic rings. The Morgan fingerprint density at radius 2 is 1.77 bits per heavy atom. The molecule has 12 rings (SSSR count). The summed E-state index contributed by atoms with van der Waals surface area (Å²) in [4.78, 5) is 33.6. The number of guanidine groups is 1. The molecule has 4 saturated carbocycles. The Kier molecular flexibility index (Phi) is 20.0. The summed E-state index contributed by atoms with van der Waals surface area (Å²) in [7, 11) is 0. The lowest BCUT2D eigenvalue weighted by atomic mass is 9.52. The van der Waals surface area contributed by atoms with Crippen LogP contribution < -0.4 is 42.8 Å². The summed E-state index contributed by atoms with van der Waals surface area (Å²) in [5.41, 5.74) is 20.0. The van der Waals surface area contributed by atoms with Gasteiger partial charge in [0.05, 0.1) is 25.3 Å². The number of nitrogens with one attached hydrogen (secondary N) is 5. The fraction of sp³-hybridized carbons (Fsp3) is 0.563. The molecule has 15 nitrogen and oxygen atoms in total. The van der Waals surface area contributed by atoms with Gasteiger partial charge in [0.2, 0.25) is 5.96 Å². The fourth-order valence-electron chi connectivity index (χ4n) is 18.0. The van der Waals surface area contributed by atoms with Crippen molar-refractivity contribution in [1.29, 1.82) is 0 Å². The Balaban J connectivity index is 0.933. The first-order valence-electron chi connectivity index (χ1n) is 32.4. The number of ether oxygens (including phenoxy) is 1. The van der Waals surface area contributed by atoms with Gasteiger partial charge in [-0.05, 0) is 243 Å². The van der Waals surface area contributed by atoms with Gasteiger partial charge in [0.1, 0.15) is 5.78 Å². The third kappa shape index (κ3) is 14.2. The van der Waals surface area contributed by atoms with Gasteiger partial charge in [-0.1, -0.05) is 72.7 Å². The molecule has 86 heavy (non-hydrogen) atoms. The van der Waals surface area contributed by atoms with Crippen molar-refractivity contribution >= 4 is 23.1 Å². The number of fused-ring (bicyclic) bond motifs is 13. The Morgan fingerprint density at radius 3 is 2.60 bits per heavy atom. The normalized spacial score (nSPS) is 32.6. The number of nitrogens with two attached hydrogens (primary N) is 2. The van der Waals surface area contributed by atoms with Crippen LogP contribution in [0.15, 0.2) is 113 Å². The Bertz CT molecular complexity index is 3110. The Morgan fingerprint density at radius 1 is 0.930 bits per heavy atom. The van der Waals surface area contributed by atoms with Crippen LogP contribution in [0, 0.1) is 70.1 Å². The zero-order chi connectivity index (χ0) is 59.8. The zero-order valence-electron chi connectivity index (χ0n) is 50.5. The van der Waals surface area contributed by atoms with Crippen LogP contribution in [0.4, 0.5) is 0 Å². The largest absolute Gasteiger partial charge is 0.504 e. The highest BCUT2D eigenvalue weighted by Crippen LogP contribution is 2.70. The van der Waals surface area contributed by atoms with Crippen LogP contribution in [0.25, 0.3) is 5.57 Å².